The topological polar surface area (TPSA) is 281 Å². The summed E-state index contributed by atoms with van der Waals surface area (Å²) in [7, 11) is 0. The third kappa shape index (κ3) is 27.0. The summed E-state index contributed by atoms with van der Waals surface area (Å²) >= 11 is 0. The van der Waals surface area contributed by atoms with Crippen LogP contribution in [0.25, 0.3) is 0 Å². The Morgan fingerprint density at radius 3 is 1.18 bits per heavy atom. The van der Waals surface area contributed by atoms with Crippen LogP contribution in [0.5, 0.6) is 23.0 Å². The van der Waals surface area contributed by atoms with Crippen molar-refractivity contribution < 1.29 is 105 Å². The summed E-state index contributed by atoms with van der Waals surface area (Å²) in [6.07, 6.45) is 9.18. The number of hydrogen-bond acceptors (Lipinski definition) is 22. The Morgan fingerprint density at radius 2 is 0.788 bits per heavy atom. The smallest absolute Gasteiger partial charge is 0.342 e. The predicted molar refractivity (Wildman–Crippen MR) is 306 cm³/mol. The van der Waals surface area contributed by atoms with Crippen LogP contribution >= 0.6 is 0 Å². The van der Waals surface area contributed by atoms with E-state index in [1.54, 1.807) is 32.0 Å². The molecule has 0 heterocycles. The van der Waals surface area contributed by atoms with Gasteiger partial charge in [-0.3, -0.25) is 33.6 Å². The first-order valence-corrected chi connectivity index (χ1v) is 29.5. The molecule has 5 rings (SSSR count). The summed E-state index contributed by atoms with van der Waals surface area (Å²) in [6, 6.07) is 8.79. The van der Waals surface area contributed by atoms with E-state index < -0.39 is 59.5 Å². The van der Waals surface area contributed by atoms with E-state index in [2.05, 4.69) is 17.9 Å². The fourth-order valence-corrected chi connectivity index (χ4v) is 9.27. The molecular weight excluding hydrogens is 1110 g/mol. The van der Waals surface area contributed by atoms with Crippen molar-refractivity contribution in [2.45, 2.75) is 137 Å². The molecule has 0 aliphatic heterocycles. The predicted octanol–water partition coefficient (Wildman–Crippen LogP) is 9.26. The molecule has 3 saturated carbocycles. The van der Waals surface area contributed by atoms with Gasteiger partial charge in [-0.15, -0.1) is 0 Å². The van der Waals surface area contributed by atoms with Gasteiger partial charge in [0.2, 0.25) is 0 Å². The van der Waals surface area contributed by atoms with Crippen molar-refractivity contribution in [3.8, 4) is 23.0 Å². The molecular formula is C63H86O22. The van der Waals surface area contributed by atoms with Gasteiger partial charge in [0.15, 0.2) is 0 Å². The number of aryl methyl sites for hydroxylation is 1. The second-order valence-electron chi connectivity index (χ2n) is 19.9. The maximum absolute atomic E-state index is 13.5. The largest absolute Gasteiger partial charge is 0.465 e. The average molecular weight is 1200 g/mol. The summed E-state index contributed by atoms with van der Waals surface area (Å²) in [4.78, 5) is 124. The minimum atomic E-state index is -0.824. The van der Waals surface area contributed by atoms with Gasteiger partial charge in [-0.25, -0.2) is 14.4 Å². The van der Waals surface area contributed by atoms with E-state index in [0.717, 1.165) is 12.2 Å². The van der Waals surface area contributed by atoms with Crippen LogP contribution < -0.4 is 18.9 Å². The lowest BCUT2D eigenvalue weighted by Gasteiger charge is -2.26. The Morgan fingerprint density at radius 1 is 0.435 bits per heavy atom. The molecule has 0 amide bonds. The van der Waals surface area contributed by atoms with Gasteiger partial charge in [-0.2, -0.15) is 0 Å². The second kappa shape index (κ2) is 41.5. The summed E-state index contributed by atoms with van der Waals surface area (Å²) in [5, 5.41) is 0. The van der Waals surface area contributed by atoms with Crippen molar-refractivity contribution in [2.75, 3.05) is 66.1 Å². The first-order chi connectivity index (χ1) is 41.1. The van der Waals surface area contributed by atoms with Gasteiger partial charge < -0.3 is 56.8 Å². The zero-order valence-electron chi connectivity index (χ0n) is 49.9. The molecule has 0 radical (unpaired) electrons. The fraction of sp³-hybridized carbons (Fsp3) is 0.587. The molecule has 2 aromatic rings. The van der Waals surface area contributed by atoms with Crippen molar-refractivity contribution in [2.24, 2.45) is 35.5 Å². The quantitative estimate of drug-likeness (QED) is 0.0165. The van der Waals surface area contributed by atoms with Crippen LogP contribution in [0, 0.1) is 42.4 Å². The third-order valence-corrected chi connectivity index (χ3v) is 14.0. The van der Waals surface area contributed by atoms with E-state index in [9.17, 15) is 47.9 Å². The molecule has 0 aromatic heterocycles. The van der Waals surface area contributed by atoms with Crippen LogP contribution in [-0.4, -0.2) is 126 Å². The number of rotatable bonds is 32. The van der Waals surface area contributed by atoms with Crippen LogP contribution in [0.2, 0.25) is 0 Å². The molecule has 0 saturated heterocycles. The first-order valence-electron chi connectivity index (χ1n) is 29.5. The molecule has 3 fully saturated rings. The lowest BCUT2D eigenvalue weighted by Crippen LogP contribution is -2.31. The van der Waals surface area contributed by atoms with Crippen LogP contribution in [0.1, 0.15) is 146 Å². The Labute approximate surface area is 498 Å². The van der Waals surface area contributed by atoms with Gasteiger partial charge in [0.1, 0.15) is 41.8 Å². The minimum absolute atomic E-state index is 0.0362. The van der Waals surface area contributed by atoms with Crippen molar-refractivity contribution in [3.63, 3.8) is 0 Å². The fourth-order valence-electron chi connectivity index (χ4n) is 9.27. The number of hydrogen-bond donors (Lipinski definition) is 0. The Bertz CT molecular complexity index is 2460. The van der Waals surface area contributed by atoms with Gasteiger partial charge in [-0.05, 0) is 165 Å². The lowest BCUT2D eigenvalue weighted by molar-refractivity contribution is -0.152. The van der Waals surface area contributed by atoms with Crippen molar-refractivity contribution in [1.82, 2.24) is 0 Å². The number of carbonyl (C=O) groups excluding carboxylic acids is 10. The van der Waals surface area contributed by atoms with E-state index in [4.69, 9.17) is 52.1 Å². The Hall–Kier alpha value is -7.46. The second-order valence-corrected chi connectivity index (χ2v) is 19.9. The SMILES string of the molecule is C=CC(=O)OCCCCOC(=O)C1CCC(C(=O)Oc2ccc(OC(=O)C3CCC(C(=O)Oc4ccc(OC(=O)C5CCC(C(=O)OCCCCOC(=O)C=C)CC5)cc4C(=O)OCCOCC)CC3)c(C)c2)CC1.CC.CCOCCOC=O. The number of carbonyl (C=O) groups is 10. The van der Waals surface area contributed by atoms with Gasteiger partial charge in [0, 0.05) is 25.4 Å². The molecule has 0 unspecified atom stereocenters. The molecule has 22 nitrogen and oxygen atoms in total. The van der Waals surface area contributed by atoms with Crippen LogP contribution in [0.15, 0.2) is 61.7 Å². The van der Waals surface area contributed by atoms with Gasteiger partial charge in [0.25, 0.3) is 6.47 Å². The highest BCUT2D eigenvalue weighted by Gasteiger charge is 2.36. The molecule has 0 atom stereocenters. The minimum Gasteiger partial charge on any atom is -0.465 e. The molecule has 2 aromatic carbocycles. The van der Waals surface area contributed by atoms with E-state index in [0.29, 0.717) is 153 Å². The first kappa shape index (κ1) is 71.8. The third-order valence-electron chi connectivity index (χ3n) is 14.0. The maximum atomic E-state index is 13.5. The molecule has 0 spiro atoms. The van der Waals surface area contributed by atoms with E-state index in [1.807, 2.05) is 20.8 Å². The number of benzene rings is 2. The molecule has 3 aliphatic carbocycles. The zero-order valence-corrected chi connectivity index (χ0v) is 49.9. The van der Waals surface area contributed by atoms with Crippen LogP contribution in [-0.2, 0) is 81.0 Å². The Balaban J connectivity index is 0.00000174. The molecule has 22 heteroatoms. The normalized spacial score (nSPS) is 18.7. The van der Waals surface area contributed by atoms with Gasteiger partial charge in [0.05, 0.1) is 75.1 Å². The van der Waals surface area contributed by atoms with Crippen LogP contribution in [0.3, 0.4) is 0 Å². The highest BCUT2D eigenvalue weighted by Crippen LogP contribution is 2.36. The summed E-state index contributed by atoms with van der Waals surface area (Å²) in [6.45, 7) is 19.3. The standard InChI is InChI=1S/C56H70O19.C5H10O3.C2H6/c1-5-48(57)67-28-8-10-30-69-50(59)37-12-16-39(17-13-37)52(61)72-43-24-26-46(36(4)34-43)74-54(63)41-20-22-42(23-21-41)55(64)75-47-27-25-44(35-45(47)56(65)71-33-32-66-7-3)73-53(62)40-18-14-38(15-19-40)51(60)70-31-11-9-29-68-49(58)6-2;1-2-7-3-4-8-5-6;1-2/h5-6,24-27,34-35,37-42H,1-2,7-23,28-33H2,3-4H3;5H,2-4H2,1H3;1-2H3. The highest BCUT2D eigenvalue weighted by atomic mass is 16.6. The monoisotopic (exact) mass is 1190 g/mol. The van der Waals surface area contributed by atoms with Gasteiger partial charge in [-0.1, -0.05) is 27.0 Å². The number of unbranched alkanes of at least 4 members (excludes halogenated alkanes) is 2. The molecule has 0 N–H and O–H groups in total. The molecule has 0 bridgehead atoms. The van der Waals surface area contributed by atoms with Crippen molar-refractivity contribution in [1.29, 1.82) is 0 Å². The van der Waals surface area contributed by atoms with Crippen molar-refractivity contribution >= 4 is 60.2 Å². The van der Waals surface area contributed by atoms with Gasteiger partial charge >= 0.3 is 53.7 Å². The molecule has 470 valence electrons. The zero-order chi connectivity index (χ0) is 62.4. The van der Waals surface area contributed by atoms with E-state index in [-0.39, 0.29) is 86.4 Å². The number of ether oxygens (including phenoxy) is 12. The summed E-state index contributed by atoms with van der Waals surface area (Å²) in [5.74, 6) is -6.62. The number of esters is 9. The van der Waals surface area contributed by atoms with Crippen LogP contribution in [0.4, 0.5) is 0 Å². The highest BCUT2D eigenvalue weighted by molar-refractivity contribution is 5.94. The lowest BCUT2D eigenvalue weighted by atomic mass is 9.82. The summed E-state index contributed by atoms with van der Waals surface area (Å²) in [5.41, 5.74) is 0.434. The van der Waals surface area contributed by atoms with Crippen molar-refractivity contribution in [3.05, 3.63) is 72.8 Å². The Kier molecular flexibility index (Phi) is 35.1. The summed E-state index contributed by atoms with van der Waals surface area (Å²) < 4.78 is 63.4. The molecule has 3 aliphatic rings. The maximum Gasteiger partial charge on any atom is 0.342 e. The molecule has 85 heavy (non-hydrogen) atoms. The van der Waals surface area contributed by atoms with E-state index >= 15 is 0 Å². The van der Waals surface area contributed by atoms with E-state index in [1.165, 1.54) is 18.2 Å². The average Bonchev–Trinajstić information content (AvgIpc) is 3.73.